The molecule has 1 fully saturated rings. The molecule has 1 aromatic rings. The van der Waals surface area contributed by atoms with Crippen LogP contribution in [-0.4, -0.2) is 18.8 Å². The van der Waals surface area contributed by atoms with Gasteiger partial charge in [0.2, 0.25) is 0 Å². The van der Waals surface area contributed by atoms with Crippen molar-refractivity contribution in [3.63, 3.8) is 0 Å². The minimum Gasteiger partial charge on any atom is -0.372 e. The molecule has 0 aromatic carbocycles. The van der Waals surface area contributed by atoms with Crippen molar-refractivity contribution in [3.8, 4) is 0 Å². The summed E-state index contributed by atoms with van der Waals surface area (Å²) >= 11 is 1.76. The monoisotopic (exact) mass is 225 g/mol. The number of hydrogen-bond acceptors (Lipinski definition) is 3. The maximum atomic E-state index is 6.04. The van der Waals surface area contributed by atoms with E-state index in [1.165, 1.54) is 5.56 Å². The van der Waals surface area contributed by atoms with Crippen molar-refractivity contribution in [3.05, 3.63) is 22.4 Å². The lowest BCUT2D eigenvalue weighted by Crippen LogP contribution is -2.51. The average Bonchev–Trinajstić information content (AvgIpc) is 2.82. The van der Waals surface area contributed by atoms with E-state index in [4.69, 9.17) is 4.74 Å². The molecular formula is C12H19NOS. The summed E-state index contributed by atoms with van der Waals surface area (Å²) in [6.07, 6.45) is 2.13. The average molecular weight is 225 g/mol. The highest BCUT2D eigenvalue weighted by atomic mass is 32.1. The second-order valence-electron chi connectivity index (χ2n) is 4.06. The van der Waals surface area contributed by atoms with Gasteiger partial charge in [-0.15, -0.1) is 0 Å². The molecule has 2 nitrogen and oxygen atoms in total. The van der Waals surface area contributed by atoms with Gasteiger partial charge in [-0.3, -0.25) is 0 Å². The Morgan fingerprint density at radius 2 is 2.33 bits per heavy atom. The van der Waals surface area contributed by atoms with Gasteiger partial charge in [0.25, 0.3) is 0 Å². The Morgan fingerprint density at radius 3 is 2.93 bits per heavy atom. The molecule has 15 heavy (non-hydrogen) atoms. The summed E-state index contributed by atoms with van der Waals surface area (Å²) in [5.74, 6) is 0. The Balaban J connectivity index is 2.26. The Morgan fingerprint density at radius 1 is 1.53 bits per heavy atom. The number of thiophene rings is 1. The first-order valence-electron chi connectivity index (χ1n) is 5.72. The zero-order valence-electron chi connectivity index (χ0n) is 9.45. The Labute approximate surface area is 95.6 Å². The van der Waals surface area contributed by atoms with E-state index >= 15 is 0 Å². The summed E-state index contributed by atoms with van der Waals surface area (Å²) in [6.45, 7) is 6.23. The first-order chi connectivity index (χ1) is 7.32. The van der Waals surface area contributed by atoms with Crippen LogP contribution in [0.25, 0.3) is 0 Å². The van der Waals surface area contributed by atoms with Crippen molar-refractivity contribution < 1.29 is 4.74 Å². The molecule has 2 rings (SSSR count). The van der Waals surface area contributed by atoms with Gasteiger partial charge in [0.15, 0.2) is 0 Å². The molecule has 1 atom stereocenters. The Bertz CT molecular complexity index is 293. The van der Waals surface area contributed by atoms with E-state index in [2.05, 4.69) is 36.0 Å². The highest BCUT2D eigenvalue weighted by Crippen LogP contribution is 2.37. The standard InChI is InChI=1S/C12H19NOS/c1-3-12(4-2)11(13-6-7-14-12)10-5-8-15-9-10/h5,8-9,11,13H,3-4,6-7H2,1-2H3. The molecule has 0 amide bonds. The molecule has 3 heteroatoms. The fourth-order valence-corrected chi connectivity index (χ4v) is 3.14. The van der Waals surface area contributed by atoms with Crippen molar-refractivity contribution in [2.24, 2.45) is 0 Å². The molecule has 0 bridgehead atoms. The lowest BCUT2D eigenvalue weighted by Gasteiger charge is -2.43. The van der Waals surface area contributed by atoms with Crippen LogP contribution in [0, 0.1) is 0 Å². The van der Waals surface area contributed by atoms with E-state index in [9.17, 15) is 0 Å². The van der Waals surface area contributed by atoms with E-state index in [1.807, 2.05) is 0 Å². The van der Waals surface area contributed by atoms with Crippen molar-refractivity contribution in [1.29, 1.82) is 0 Å². The first kappa shape index (κ1) is 11.1. The molecule has 0 aliphatic carbocycles. The third-order valence-corrected chi connectivity index (χ3v) is 4.14. The van der Waals surface area contributed by atoms with Gasteiger partial charge < -0.3 is 10.1 Å². The number of nitrogens with one attached hydrogen (secondary N) is 1. The van der Waals surface area contributed by atoms with Crippen LogP contribution in [0.1, 0.15) is 38.3 Å². The largest absolute Gasteiger partial charge is 0.372 e. The van der Waals surface area contributed by atoms with Gasteiger partial charge in [-0.1, -0.05) is 13.8 Å². The molecule has 1 N–H and O–H groups in total. The molecule has 0 spiro atoms. The van der Waals surface area contributed by atoms with Crippen molar-refractivity contribution in [2.45, 2.75) is 38.3 Å². The van der Waals surface area contributed by atoms with Gasteiger partial charge in [0.1, 0.15) is 0 Å². The quantitative estimate of drug-likeness (QED) is 0.854. The SMILES string of the molecule is CCC1(CC)OCCNC1c1ccsc1. The van der Waals surface area contributed by atoms with E-state index in [0.717, 1.165) is 26.0 Å². The van der Waals surface area contributed by atoms with E-state index in [-0.39, 0.29) is 5.60 Å². The topological polar surface area (TPSA) is 21.3 Å². The third-order valence-electron chi connectivity index (χ3n) is 3.44. The zero-order chi connectivity index (χ0) is 10.7. The van der Waals surface area contributed by atoms with Crippen LogP contribution in [-0.2, 0) is 4.74 Å². The maximum absolute atomic E-state index is 6.04. The number of morpholine rings is 1. The van der Waals surface area contributed by atoms with Gasteiger partial charge in [-0.05, 0) is 35.2 Å². The molecule has 2 heterocycles. The summed E-state index contributed by atoms with van der Waals surface area (Å²) in [7, 11) is 0. The second kappa shape index (κ2) is 4.64. The third kappa shape index (κ3) is 1.96. The zero-order valence-corrected chi connectivity index (χ0v) is 10.3. The minimum absolute atomic E-state index is 0.000671. The predicted octanol–water partition coefficient (Wildman–Crippen LogP) is 2.97. The van der Waals surface area contributed by atoms with Crippen molar-refractivity contribution in [1.82, 2.24) is 5.32 Å². The fraction of sp³-hybridized carbons (Fsp3) is 0.667. The van der Waals surface area contributed by atoms with Crippen LogP contribution >= 0.6 is 11.3 Å². The van der Waals surface area contributed by atoms with E-state index in [0.29, 0.717) is 6.04 Å². The van der Waals surface area contributed by atoms with Crippen LogP contribution in [0.2, 0.25) is 0 Å². The fourth-order valence-electron chi connectivity index (χ4n) is 2.45. The van der Waals surface area contributed by atoms with Crippen LogP contribution in [0.15, 0.2) is 16.8 Å². The first-order valence-corrected chi connectivity index (χ1v) is 6.66. The molecule has 1 unspecified atom stereocenters. The highest BCUT2D eigenvalue weighted by molar-refractivity contribution is 7.07. The van der Waals surface area contributed by atoms with Crippen LogP contribution in [0.3, 0.4) is 0 Å². The lowest BCUT2D eigenvalue weighted by atomic mass is 9.84. The maximum Gasteiger partial charge on any atom is 0.0872 e. The lowest BCUT2D eigenvalue weighted by molar-refractivity contribution is -0.103. The summed E-state index contributed by atoms with van der Waals surface area (Å²) in [5, 5.41) is 7.97. The normalized spacial score (nSPS) is 25.3. The van der Waals surface area contributed by atoms with E-state index in [1.54, 1.807) is 11.3 Å². The van der Waals surface area contributed by atoms with Crippen molar-refractivity contribution in [2.75, 3.05) is 13.2 Å². The van der Waals surface area contributed by atoms with Gasteiger partial charge in [0.05, 0.1) is 18.2 Å². The molecule has 1 aromatic heterocycles. The summed E-state index contributed by atoms with van der Waals surface area (Å²) in [5.41, 5.74) is 1.38. The Kier molecular flexibility index (Phi) is 3.44. The smallest absolute Gasteiger partial charge is 0.0872 e. The highest BCUT2D eigenvalue weighted by Gasteiger charge is 2.39. The van der Waals surface area contributed by atoms with Crippen LogP contribution in [0.4, 0.5) is 0 Å². The molecular weight excluding hydrogens is 206 g/mol. The number of hydrogen-bond donors (Lipinski definition) is 1. The van der Waals surface area contributed by atoms with E-state index < -0.39 is 0 Å². The van der Waals surface area contributed by atoms with Gasteiger partial charge in [0, 0.05) is 6.54 Å². The molecule has 1 aliphatic rings. The molecule has 1 aliphatic heterocycles. The number of rotatable bonds is 3. The minimum atomic E-state index is -0.000671. The van der Waals surface area contributed by atoms with Crippen molar-refractivity contribution >= 4 is 11.3 Å². The summed E-state index contributed by atoms with van der Waals surface area (Å²) < 4.78 is 6.04. The number of ether oxygens (including phenoxy) is 1. The van der Waals surface area contributed by atoms with Gasteiger partial charge >= 0.3 is 0 Å². The van der Waals surface area contributed by atoms with Crippen LogP contribution < -0.4 is 5.32 Å². The molecule has 0 radical (unpaired) electrons. The van der Waals surface area contributed by atoms with Gasteiger partial charge in [-0.25, -0.2) is 0 Å². The molecule has 84 valence electrons. The Hall–Kier alpha value is -0.380. The molecule has 0 saturated carbocycles. The summed E-state index contributed by atoms with van der Waals surface area (Å²) in [6, 6.07) is 2.57. The predicted molar refractivity (Wildman–Crippen MR) is 64.3 cm³/mol. The molecule has 1 saturated heterocycles. The van der Waals surface area contributed by atoms with Gasteiger partial charge in [-0.2, -0.15) is 11.3 Å². The van der Waals surface area contributed by atoms with Crippen LogP contribution in [0.5, 0.6) is 0 Å². The summed E-state index contributed by atoms with van der Waals surface area (Å²) in [4.78, 5) is 0. The second-order valence-corrected chi connectivity index (χ2v) is 4.84.